The molecule has 0 saturated heterocycles. The van der Waals surface area contributed by atoms with Gasteiger partial charge in [0.2, 0.25) is 5.95 Å². The van der Waals surface area contributed by atoms with E-state index < -0.39 is 17.8 Å². The molecule has 1 aromatic heterocycles. The number of hydrogen-bond acceptors (Lipinski definition) is 6. The van der Waals surface area contributed by atoms with E-state index in [4.69, 9.17) is 5.73 Å². The Labute approximate surface area is 130 Å². The molecule has 0 aliphatic carbocycles. The number of nitrogens with one attached hydrogen (secondary N) is 2. The van der Waals surface area contributed by atoms with E-state index >= 15 is 0 Å². The molecule has 9 heteroatoms. The van der Waals surface area contributed by atoms with Gasteiger partial charge in [0.25, 0.3) is 11.8 Å². The van der Waals surface area contributed by atoms with Crippen LogP contribution in [0.25, 0.3) is 0 Å². The monoisotopic (exact) mass is 319 g/mol. The molecule has 0 aliphatic rings. The van der Waals surface area contributed by atoms with E-state index in [1.165, 1.54) is 12.1 Å². The smallest absolute Gasteiger partial charge is 0.271 e. The summed E-state index contributed by atoms with van der Waals surface area (Å²) >= 11 is 0. The van der Waals surface area contributed by atoms with Crippen molar-refractivity contribution in [3.63, 3.8) is 0 Å². The molecule has 0 radical (unpaired) electrons. The fourth-order valence-electron chi connectivity index (χ4n) is 1.79. The molecule has 120 valence electrons. The zero-order chi connectivity index (χ0) is 16.8. The molecule has 0 bridgehead atoms. The molecule has 2 aromatic rings. The third-order valence-electron chi connectivity index (χ3n) is 2.83. The molecule has 0 atom stereocenters. The Morgan fingerprint density at radius 2 is 2.00 bits per heavy atom. The van der Waals surface area contributed by atoms with Crippen LogP contribution in [0.3, 0.4) is 0 Å². The number of carbonyl (C=O) groups is 2. The molecule has 2 amide bonds. The largest absolute Gasteiger partial charge is 0.507 e. The van der Waals surface area contributed by atoms with Crippen LogP contribution < -0.4 is 16.4 Å². The number of hydrogen-bond donors (Lipinski definition) is 4. The maximum absolute atomic E-state index is 12.9. The molecule has 0 unspecified atom stereocenters. The molecule has 0 aliphatic heterocycles. The molecule has 0 fully saturated rings. The quantitative estimate of drug-likeness (QED) is 0.565. The Morgan fingerprint density at radius 3 is 2.70 bits per heavy atom. The number of halogens is 1. The molecule has 1 heterocycles. The summed E-state index contributed by atoms with van der Waals surface area (Å²) in [5.41, 5.74) is 4.91. The van der Waals surface area contributed by atoms with Crippen molar-refractivity contribution in [3.8, 4) is 5.75 Å². The average Bonchev–Trinajstić information content (AvgIpc) is 2.52. The van der Waals surface area contributed by atoms with Crippen molar-refractivity contribution in [1.82, 2.24) is 15.3 Å². The van der Waals surface area contributed by atoms with E-state index in [9.17, 15) is 19.1 Å². The number of phenolic OH excluding ortho intramolecular Hbond substituents is 1. The van der Waals surface area contributed by atoms with Gasteiger partial charge in [0, 0.05) is 13.1 Å². The molecule has 8 nitrogen and oxygen atoms in total. The maximum atomic E-state index is 12.9. The second kappa shape index (κ2) is 7.16. The van der Waals surface area contributed by atoms with Gasteiger partial charge in [-0.05, 0) is 12.1 Å². The highest BCUT2D eigenvalue weighted by atomic mass is 19.1. The lowest BCUT2D eigenvalue weighted by atomic mass is 10.2. The van der Waals surface area contributed by atoms with Crippen molar-refractivity contribution >= 4 is 17.6 Å². The minimum Gasteiger partial charge on any atom is -0.507 e. The molecular formula is C14H14FN5O3. The minimum absolute atomic E-state index is 0.0238. The Morgan fingerprint density at radius 1 is 1.26 bits per heavy atom. The van der Waals surface area contributed by atoms with Crippen molar-refractivity contribution < 1.29 is 19.1 Å². The van der Waals surface area contributed by atoms with Crippen LogP contribution in [-0.2, 0) is 0 Å². The third kappa shape index (κ3) is 4.13. The van der Waals surface area contributed by atoms with E-state index in [0.717, 1.165) is 6.20 Å². The third-order valence-corrected chi connectivity index (χ3v) is 2.83. The summed E-state index contributed by atoms with van der Waals surface area (Å²) in [5.74, 6) is -2.39. The first-order chi connectivity index (χ1) is 11.0. The molecule has 5 N–H and O–H groups in total. The highest BCUT2D eigenvalue weighted by Crippen LogP contribution is 2.14. The predicted octanol–water partition coefficient (Wildman–Crippen LogP) is 0.262. The van der Waals surface area contributed by atoms with E-state index in [2.05, 4.69) is 20.6 Å². The summed E-state index contributed by atoms with van der Waals surface area (Å²) in [4.78, 5) is 30.0. The highest BCUT2D eigenvalue weighted by molar-refractivity contribution is 5.97. The van der Waals surface area contributed by atoms with Gasteiger partial charge in [-0.2, -0.15) is 4.39 Å². The Hall–Kier alpha value is -3.23. The fraction of sp³-hybridized carbons (Fsp3) is 0.143. The Bertz CT molecular complexity index is 738. The van der Waals surface area contributed by atoms with Crippen LogP contribution in [0.2, 0.25) is 0 Å². The molecular weight excluding hydrogens is 305 g/mol. The number of aromatic nitrogens is 2. The lowest BCUT2D eigenvalue weighted by Crippen LogP contribution is -2.29. The van der Waals surface area contributed by atoms with Gasteiger partial charge in [-0.1, -0.05) is 12.1 Å². The normalized spacial score (nSPS) is 10.1. The van der Waals surface area contributed by atoms with Crippen molar-refractivity contribution in [2.75, 3.05) is 18.4 Å². The SMILES string of the molecule is NC(=O)c1nc(F)cnc1NCCNC(=O)c1ccccc1O. The first-order valence-corrected chi connectivity index (χ1v) is 6.61. The maximum Gasteiger partial charge on any atom is 0.271 e. The number of nitrogens with two attached hydrogens (primary N) is 1. The van der Waals surface area contributed by atoms with Gasteiger partial charge in [0.1, 0.15) is 5.75 Å². The molecule has 1 aromatic carbocycles. The lowest BCUT2D eigenvalue weighted by Gasteiger charge is -2.09. The highest BCUT2D eigenvalue weighted by Gasteiger charge is 2.13. The van der Waals surface area contributed by atoms with Crippen molar-refractivity contribution in [2.24, 2.45) is 5.73 Å². The number of phenols is 1. The van der Waals surface area contributed by atoms with Crippen LogP contribution in [0.1, 0.15) is 20.8 Å². The number of aromatic hydroxyl groups is 1. The topological polar surface area (TPSA) is 130 Å². The summed E-state index contributed by atoms with van der Waals surface area (Å²) in [6, 6.07) is 6.11. The van der Waals surface area contributed by atoms with Crippen LogP contribution in [0.15, 0.2) is 30.5 Å². The number of amides is 2. The van der Waals surface area contributed by atoms with E-state index in [0.29, 0.717) is 0 Å². The van der Waals surface area contributed by atoms with E-state index in [1.807, 2.05) is 0 Å². The van der Waals surface area contributed by atoms with E-state index in [1.54, 1.807) is 12.1 Å². The number of para-hydroxylation sites is 1. The summed E-state index contributed by atoms with van der Waals surface area (Å²) in [6.07, 6.45) is 0.843. The predicted molar refractivity (Wildman–Crippen MR) is 79.4 cm³/mol. The average molecular weight is 319 g/mol. The van der Waals surface area contributed by atoms with Gasteiger partial charge < -0.3 is 21.5 Å². The van der Waals surface area contributed by atoms with E-state index in [-0.39, 0.29) is 35.9 Å². The van der Waals surface area contributed by atoms with Crippen LogP contribution in [0.5, 0.6) is 5.75 Å². The molecule has 2 rings (SSSR count). The number of rotatable bonds is 6. The van der Waals surface area contributed by atoms with Crippen LogP contribution in [0.4, 0.5) is 10.2 Å². The van der Waals surface area contributed by atoms with Crippen LogP contribution >= 0.6 is 0 Å². The summed E-state index contributed by atoms with van der Waals surface area (Å²) < 4.78 is 12.9. The van der Waals surface area contributed by atoms with Crippen LogP contribution in [-0.4, -0.2) is 40.0 Å². The van der Waals surface area contributed by atoms with Gasteiger partial charge in [0.05, 0.1) is 11.8 Å². The first kappa shape index (κ1) is 16.1. The fourth-order valence-corrected chi connectivity index (χ4v) is 1.79. The van der Waals surface area contributed by atoms with Crippen molar-refractivity contribution in [2.45, 2.75) is 0 Å². The summed E-state index contributed by atoms with van der Waals surface area (Å²) in [6.45, 7) is 0.365. The number of nitrogens with zero attached hydrogens (tertiary/aromatic N) is 2. The van der Waals surface area contributed by atoms with Gasteiger partial charge in [0.15, 0.2) is 11.5 Å². The van der Waals surface area contributed by atoms with Crippen LogP contribution in [0, 0.1) is 5.95 Å². The van der Waals surface area contributed by atoms with Gasteiger partial charge >= 0.3 is 0 Å². The zero-order valence-electron chi connectivity index (χ0n) is 11.9. The number of anilines is 1. The number of carbonyl (C=O) groups excluding carboxylic acids is 2. The minimum atomic E-state index is -0.919. The zero-order valence-corrected chi connectivity index (χ0v) is 11.9. The lowest BCUT2D eigenvalue weighted by molar-refractivity contribution is 0.0950. The first-order valence-electron chi connectivity index (χ1n) is 6.61. The van der Waals surface area contributed by atoms with Crippen molar-refractivity contribution in [1.29, 1.82) is 0 Å². The standard InChI is InChI=1S/C14H14FN5O3/c15-10-7-19-13(11(20-10)12(16)22)17-5-6-18-14(23)8-3-1-2-4-9(8)21/h1-4,7,21H,5-6H2,(H2,16,22)(H,17,19)(H,18,23). The summed E-state index contributed by atoms with van der Waals surface area (Å²) in [5, 5.41) is 14.9. The van der Waals surface area contributed by atoms with Gasteiger partial charge in [-0.15, -0.1) is 0 Å². The molecule has 0 spiro atoms. The Balaban J connectivity index is 1.90. The van der Waals surface area contributed by atoms with Gasteiger partial charge in [-0.25, -0.2) is 9.97 Å². The molecule has 0 saturated carbocycles. The number of benzene rings is 1. The Kier molecular flexibility index (Phi) is 5.03. The van der Waals surface area contributed by atoms with Crippen molar-refractivity contribution in [3.05, 3.63) is 47.7 Å². The second-order valence-electron chi connectivity index (χ2n) is 4.45. The second-order valence-corrected chi connectivity index (χ2v) is 4.45. The summed E-state index contributed by atoms with van der Waals surface area (Å²) in [7, 11) is 0. The number of primary amides is 1. The van der Waals surface area contributed by atoms with Gasteiger partial charge in [-0.3, -0.25) is 9.59 Å². The molecule has 23 heavy (non-hydrogen) atoms.